The van der Waals surface area contributed by atoms with E-state index in [9.17, 15) is 4.39 Å². The minimum absolute atomic E-state index is 0.0808. The summed E-state index contributed by atoms with van der Waals surface area (Å²) in [7, 11) is 0. The maximum Gasteiger partial charge on any atom is 0.127 e. The predicted molar refractivity (Wildman–Crippen MR) is 51.0 cm³/mol. The predicted octanol–water partition coefficient (Wildman–Crippen LogP) is 2.72. The molecule has 0 radical (unpaired) electrons. The van der Waals surface area contributed by atoms with E-state index >= 15 is 0 Å². The van der Waals surface area contributed by atoms with Crippen molar-refractivity contribution in [3.8, 4) is 0 Å². The molecule has 1 aliphatic carbocycles. The quantitative estimate of drug-likeness (QED) is 0.742. The van der Waals surface area contributed by atoms with Crippen molar-refractivity contribution < 1.29 is 4.39 Å². The highest BCUT2D eigenvalue weighted by Crippen LogP contribution is 2.41. The third kappa shape index (κ3) is 1.73. The molecule has 0 spiro atoms. The van der Waals surface area contributed by atoms with E-state index in [-0.39, 0.29) is 11.9 Å². The van der Waals surface area contributed by atoms with Crippen LogP contribution in [0.3, 0.4) is 0 Å². The molecular weight excluding hydrogens is 165 g/mol. The first-order chi connectivity index (χ1) is 6.18. The molecule has 1 atom stereocenters. The van der Waals surface area contributed by atoms with Crippen LogP contribution in [0.5, 0.6) is 0 Å². The second kappa shape index (κ2) is 3.11. The molecular formula is C11H14FN. The Kier molecular flexibility index (Phi) is 2.08. The van der Waals surface area contributed by atoms with Gasteiger partial charge in [0.1, 0.15) is 5.82 Å². The van der Waals surface area contributed by atoms with Crippen LogP contribution in [0.25, 0.3) is 0 Å². The van der Waals surface area contributed by atoms with Gasteiger partial charge in [-0.3, -0.25) is 0 Å². The minimum atomic E-state index is -0.0858. The van der Waals surface area contributed by atoms with E-state index in [1.807, 2.05) is 19.1 Å². The smallest absolute Gasteiger partial charge is 0.127 e. The van der Waals surface area contributed by atoms with E-state index in [4.69, 9.17) is 5.73 Å². The van der Waals surface area contributed by atoms with E-state index in [1.54, 1.807) is 6.07 Å². The fraction of sp³-hybridized carbons (Fsp3) is 0.455. The molecule has 0 aromatic heterocycles. The fourth-order valence-corrected chi connectivity index (χ4v) is 1.55. The second-order valence-electron chi connectivity index (χ2n) is 3.84. The Balaban J connectivity index is 2.31. The van der Waals surface area contributed by atoms with Crippen LogP contribution in [0.15, 0.2) is 18.2 Å². The summed E-state index contributed by atoms with van der Waals surface area (Å²) in [6, 6.07) is 5.30. The van der Waals surface area contributed by atoms with Gasteiger partial charge in [0.25, 0.3) is 0 Å². The summed E-state index contributed by atoms with van der Waals surface area (Å²) >= 11 is 0. The molecule has 0 aliphatic heterocycles. The Hall–Kier alpha value is -0.890. The topological polar surface area (TPSA) is 26.0 Å². The SMILES string of the molecule is CC(N)c1ccc(C2CC2)c(F)c1. The molecule has 1 aliphatic rings. The van der Waals surface area contributed by atoms with Gasteiger partial charge in [-0.05, 0) is 42.9 Å². The molecule has 1 nitrogen and oxygen atoms in total. The van der Waals surface area contributed by atoms with E-state index in [2.05, 4.69) is 0 Å². The van der Waals surface area contributed by atoms with Gasteiger partial charge in [0.05, 0.1) is 0 Å². The van der Waals surface area contributed by atoms with E-state index in [1.165, 1.54) is 0 Å². The summed E-state index contributed by atoms with van der Waals surface area (Å²) in [5.41, 5.74) is 7.40. The van der Waals surface area contributed by atoms with Crippen molar-refractivity contribution in [2.45, 2.75) is 31.7 Å². The lowest BCUT2D eigenvalue weighted by molar-refractivity contribution is 0.605. The summed E-state index contributed by atoms with van der Waals surface area (Å²) < 4.78 is 13.4. The van der Waals surface area contributed by atoms with Crippen molar-refractivity contribution in [1.82, 2.24) is 0 Å². The van der Waals surface area contributed by atoms with Crippen LogP contribution >= 0.6 is 0 Å². The molecule has 1 fully saturated rings. The molecule has 0 amide bonds. The number of halogens is 1. The van der Waals surface area contributed by atoms with Gasteiger partial charge in [0.15, 0.2) is 0 Å². The van der Waals surface area contributed by atoms with Crippen LogP contribution in [0, 0.1) is 5.82 Å². The van der Waals surface area contributed by atoms with Gasteiger partial charge < -0.3 is 5.73 Å². The lowest BCUT2D eigenvalue weighted by Crippen LogP contribution is -2.05. The van der Waals surface area contributed by atoms with Crippen LogP contribution in [-0.4, -0.2) is 0 Å². The Morgan fingerprint density at radius 3 is 2.62 bits per heavy atom. The summed E-state index contributed by atoms with van der Waals surface area (Å²) in [5, 5.41) is 0. The van der Waals surface area contributed by atoms with Gasteiger partial charge in [-0.15, -0.1) is 0 Å². The van der Waals surface area contributed by atoms with Crippen molar-refractivity contribution in [1.29, 1.82) is 0 Å². The molecule has 1 aromatic rings. The standard InChI is InChI=1S/C11H14FN/c1-7(13)9-4-5-10(8-2-3-8)11(12)6-9/h4-8H,2-3,13H2,1H3. The first-order valence-corrected chi connectivity index (χ1v) is 4.73. The van der Waals surface area contributed by atoms with Gasteiger partial charge >= 0.3 is 0 Å². The highest BCUT2D eigenvalue weighted by Gasteiger charge is 2.26. The van der Waals surface area contributed by atoms with Crippen LogP contribution in [0.2, 0.25) is 0 Å². The zero-order chi connectivity index (χ0) is 9.42. The summed E-state index contributed by atoms with van der Waals surface area (Å²) in [6.07, 6.45) is 2.27. The highest BCUT2D eigenvalue weighted by atomic mass is 19.1. The lowest BCUT2D eigenvalue weighted by atomic mass is 10.0. The lowest BCUT2D eigenvalue weighted by Gasteiger charge is -2.07. The van der Waals surface area contributed by atoms with Crippen LogP contribution in [0.1, 0.15) is 42.9 Å². The molecule has 70 valence electrons. The summed E-state index contributed by atoms with van der Waals surface area (Å²) in [5.74, 6) is 0.388. The molecule has 2 rings (SSSR count). The monoisotopic (exact) mass is 179 g/mol. The van der Waals surface area contributed by atoms with Gasteiger partial charge in [-0.2, -0.15) is 0 Å². The minimum Gasteiger partial charge on any atom is -0.324 e. The van der Waals surface area contributed by atoms with Crippen molar-refractivity contribution >= 4 is 0 Å². The zero-order valence-electron chi connectivity index (χ0n) is 7.76. The number of rotatable bonds is 2. The average molecular weight is 179 g/mol. The third-order valence-corrected chi connectivity index (χ3v) is 2.57. The van der Waals surface area contributed by atoms with Crippen LogP contribution in [0.4, 0.5) is 4.39 Å². The third-order valence-electron chi connectivity index (χ3n) is 2.57. The van der Waals surface area contributed by atoms with Gasteiger partial charge in [0.2, 0.25) is 0 Å². The molecule has 0 saturated heterocycles. The molecule has 1 aromatic carbocycles. The van der Waals surface area contributed by atoms with Crippen LogP contribution < -0.4 is 5.73 Å². The fourth-order valence-electron chi connectivity index (χ4n) is 1.55. The van der Waals surface area contributed by atoms with Crippen molar-refractivity contribution in [3.63, 3.8) is 0 Å². The normalized spacial score (nSPS) is 18.7. The summed E-state index contributed by atoms with van der Waals surface area (Å²) in [6.45, 7) is 1.87. The molecule has 13 heavy (non-hydrogen) atoms. The van der Waals surface area contributed by atoms with E-state index in [0.29, 0.717) is 5.92 Å². The maximum atomic E-state index is 13.4. The first kappa shape index (κ1) is 8.70. The molecule has 1 unspecified atom stereocenters. The Morgan fingerprint density at radius 2 is 2.15 bits per heavy atom. The molecule has 2 heteroatoms. The Labute approximate surface area is 77.8 Å². The van der Waals surface area contributed by atoms with Crippen molar-refractivity contribution in [3.05, 3.63) is 35.1 Å². The largest absolute Gasteiger partial charge is 0.324 e. The second-order valence-corrected chi connectivity index (χ2v) is 3.84. The summed E-state index contributed by atoms with van der Waals surface area (Å²) in [4.78, 5) is 0. The molecule has 2 N–H and O–H groups in total. The van der Waals surface area contributed by atoms with Crippen molar-refractivity contribution in [2.24, 2.45) is 5.73 Å². The highest BCUT2D eigenvalue weighted by molar-refractivity contribution is 5.30. The zero-order valence-corrected chi connectivity index (χ0v) is 7.76. The van der Waals surface area contributed by atoms with Crippen molar-refractivity contribution in [2.75, 3.05) is 0 Å². The Morgan fingerprint density at radius 1 is 1.46 bits per heavy atom. The van der Waals surface area contributed by atoms with Gasteiger partial charge in [0, 0.05) is 6.04 Å². The molecule has 1 saturated carbocycles. The first-order valence-electron chi connectivity index (χ1n) is 4.73. The van der Waals surface area contributed by atoms with Crippen LogP contribution in [-0.2, 0) is 0 Å². The van der Waals surface area contributed by atoms with E-state index < -0.39 is 0 Å². The molecule has 0 heterocycles. The maximum absolute atomic E-state index is 13.4. The number of benzene rings is 1. The number of hydrogen-bond donors (Lipinski definition) is 1. The average Bonchev–Trinajstić information content (AvgIpc) is 2.87. The van der Waals surface area contributed by atoms with E-state index in [0.717, 1.165) is 24.0 Å². The van der Waals surface area contributed by atoms with Gasteiger partial charge in [-0.25, -0.2) is 4.39 Å². The number of nitrogens with two attached hydrogens (primary N) is 1. The Bertz CT molecular complexity index is 316. The van der Waals surface area contributed by atoms with Gasteiger partial charge in [-0.1, -0.05) is 12.1 Å². The number of hydrogen-bond acceptors (Lipinski definition) is 1. The molecule has 0 bridgehead atoms.